The molecule has 2 aliphatic heterocycles. The highest BCUT2D eigenvalue weighted by Gasteiger charge is 2.22. The van der Waals surface area contributed by atoms with Crippen LogP contribution in [0.5, 0.6) is 0 Å². The summed E-state index contributed by atoms with van der Waals surface area (Å²) in [6.07, 6.45) is 0. The molecule has 0 bridgehead atoms. The molecule has 0 saturated carbocycles. The molecule has 0 nitrogen and oxygen atoms in total. The maximum Gasteiger partial charge on any atom is 0.0989 e. The van der Waals surface area contributed by atoms with Gasteiger partial charge >= 0.3 is 0 Å². The molecule has 0 unspecified atom stereocenters. The number of rotatable bonds is 0. The molecule has 0 aromatic carbocycles. The highest BCUT2D eigenvalue weighted by atomic mass is 127. The molecular weight excluding hydrogens is 363 g/mol. The van der Waals surface area contributed by atoms with E-state index in [1.807, 2.05) is 0 Å². The fourth-order valence-corrected chi connectivity index (χ4v) is 6.66. The van der Waals surface area contributed by atoms with Crippen molar-refractivity contribution in [2.24, 2.45) is 0 Å². The molecule has 0 N–H and O–H groups in total. The molecule has 0 spiro atoms. The monoisotopic (exact) mass is 364 g/mol. The van der Waals surface area contributed by atoms with Gasteiger partial charge in [0, 0.05) is 0 Å². The molecule has 2 aliphatic rings. The standard InChI is InChI=1S/C6H2ClIS4/c7-3-4(8)12-6(11-3)5-9-1-2-10-5/h1-2H. The Morgan fingerprint density at radius 3 is 2.25 bits per heavy atom. The Kier molecular flexibility index (Phi) is 3.76. The van der Waals surface area contributed by atoms with Crippen molar-refractivity contribution in [1.29, 1.82) is 0 Å². The fourth-order valence-electron chi connectivity index (χ4n) is 0.650. The Balaban J connectivity index is 2.16. The molecule has 0 aromatic heterocycles. The van der Waals surface area contributed by atoms with E-state index in [1.54, 1.807) is 47.0 Å². The zero-order valence-electron chi connectivity index (χ0n) is 5.54. The molecule has 2 rings (SSSR count). The average Bonchev–Trinajstić information content (AvgIpc) is 2.61. The summed E-state index contributed by atoms with van der Waals surface area (Å²) in [5.74, 6) is 0. The Morgan fingerprint density at radius 1 is 1.08 bits per heavy atom. The molecule has 64 valence electrons. The SMILES string of the molecule is ClC1=C(I)SC(=C2SC=CS2)S1. The summed E-state index contributed by atoms with van der Waals surface area (Å²) in [5, 5.41) is 4.21. The lowest BCUT2D eigenvalue weighted by atomic mass is 11.2. The second-order valence-corrected chi connectivity index (χ2v) is 8.64. The molecule has 2 heterocycles. The van der Waals surface area contributed by atoms with Crippen LogP contribution in [0.15, 0.2) is 26.6 Å². The van der Waals surface area contributed by atoms with Crippen molar-refractivity contribution in [3.8, 4) is 0 Å². The van der Waals surface area contributed by atoms with Crippen molar-refractivity contribution in [1.82, 2.24) is 0 Å². The van der Waals surface area contributed by atoms with Crippen molar-refractivity contribution in [2.45, 2.75) is 0 Å². The van der Waals surface area contributed by atoms with Gasteiger partial charge < -0.3 is 0 Å². The Hall–Kier alpha value is 1.64. The van der Waals surface area contributed by atoms with Gasteiger partial charge in [0.2, 0.25) is 0 Å². The fraction of sp³-hybridized carbons (Fsp3) is 0. The topological polar surface area (TPSA) is 0 Å². The normalized spacial score (nSPS) is 23.2. The first kappa shape index (κ1) is 10.2. The van der Waals surface area contributed by atoms with E-state index in [-0.39, 0.29) is 0 Å². The van der Waals surface area contributed by atoms with E-state index in [9.17, 15) is 0 Å². The summed E-state index contributed by atoms with van der Waals surface area (Å²) in [6, 6.07) is 0. The molecular formula is C6H2ClIS4. The molecule has 0 atom stereocenters. The highest BCUT2D eigenvalue weighted by molar-refractivity contribution is 14.1. The van der Waals surface area contributed by atoms with E-state index in [1.165, 1.54) is 11.4 Å². The van der Waals surface area contributed by atoms with Crippen molar-refractivity contribution in [3.05, 3.63) is 26.6 Å². The third-order valence-corrected chi connectivity index (χ3v) is 8.33. The smallest absolute Gasteiger partial charge is 0.0884 e. The van der Waals surface area contributed by atoms with E-state index >= 15 is 0 Å². The minimum absolute atomic E-state index is 0.913. The third-order valence-electron chi connectivity index (χ3n) is 1.09. The number of hydrogen-bond acceptors (Lipinski definition) is 4. The third kappa shape index (κ3) is 2.17. The van der Waals surface area contributed by atoms with Crippen LogP contribution in [0.25, 0.3) is 0 Å². The van der Waals surface area contributed by atoms with Gasteiger partial charge in [-0.1, -0.05) is 58.6 Å². The molecule has 0 saturated heterocycles. The predicted molar refractivity (Wildman–Crippen MR) is 73.4 cm³/mol. The first-order valence-corrected chi connectivity index (χ1v) is 7.76. The van der Waals surface area contributed by atoms with Crippen LogP contribution in [0.4, 0.5) is 0 Å². The zero-order chi connectivity index (χ0) is 8.55. The van der Waals surface area contributed by atoms with Gasteiger partial charge in [-0.2, -0.15) is 0 Å². The lowest BCUT2D eigenvalue weighted by Gasteiger charge is -1.98. The van der Waals surface area contributed by atoms with Gasteiger partial charge in [-0.15, -0.1) is 0 Å². The predicted octanol–water partition coefficient (Wildman–Crippen LogP) is 5.34. The molecule has 6 heteroatoms. The van der Waals surface area contributed by atoms with Gasteiger partial charge in [0.25, 0.3) is 0 Å². The van der Waals surface area contributed by atoms with Crippen molar-refractivity contribution in [2.75, 3.05) is 0 Å². The maximum absolute atomic E-state index is 5.98. The summed E-state index contributed by atoms with van der Waals surface area (Å²) < 4.78 is 4.78. The van der Waals surface area contributed by atoms with Gasteiger partial charge in [-0.3, -0.25) is 0 Å². The number of halogens is 2. The summed E-state index contributed by atoms with van der Waals surface area (Å²) in [6.45, 7) is 0. The van der Waals surface area contributed by atoms with E-state index < -0.39 is 0 Å². The van der Waals surface area contributed by atoms with Gasteiger partial charge in [0.15, 0.2) is 0 Å². The second kappa shape index (κ2) is 4.44. The summed E-state index contributed by atoms with van der Waals surface area (Å²) in [4.78, 5) is 0. The summed E-state index contributed by atoms with van der Waals surface area (Å²) >= 11 is 15.2. The average molecular weight is 365 g/mol. The Morgan fingerprint density at radius 2 is 1.75 bits per heavy atom. The lowest BCUT2D eigenvalue weighted by Crippen LogP contribution is -1.64. The van der Waals surface area contributed by atoms with Crippen LogP contribution in [0.2, 0.25) is 0 Å². The zero-order valence-corrected chi connectivity index (χ0v) is 11.7. The molecule has 0 aliphatic carbocycles. The molecule has 0 radical (unpaired) electrons. The van der Waals surface area contributed by atoms with Crippen LogP contribution >= 0.6 is 81.2 Å². The maximum atomic E-state index is 5.98. The van der Waals surface area contributed by atoms with E-state index in [2.05, 4.69) is 33.4 Å². The number of thioether (sulfide) groups is 4. The van der Waals surface area contributed by atoms with Crippen molar-refractivity contribution >= 4 is 81.2 Å². The van der Waals surface area contributed by atoms with Crippen LogP contribution in [0.1, 0.15) is 0 Å². The van der Waals surface area contributed by atoms with Crippen molar-refractivity contribution in [3.63, 3.8) is 0 Å². The Labute approximate surface area is 107 Å². The second-order valence-electron chi connectivity index (χ2n) is 1.83. The van der Waals surface area contributed by atoms with Crippen LogP contribution in [-0.2, 0) is 0 Å². The van der Waals surface area contributed by atoms with E-state index in [0.29, 0.717) is 0 Å². The van der Waals surface area contributed by atoms with Gasteiger partial charge in [-0.05, 0) is 33.4 Å². The minimum atomic E-state index is 0.913. The largest absolute Gasteiger partial charge is 0.0989 e. The molecule has 12 heavy (non-hydrogen) atoms. The summed E-state index contributed by atoms with van der Waals surface area (Å²) in [5.41, 5.74) is 0. The quantitative estimate of drug-likeness (QED) is 0.531. The van der Waals surface area contributed by atoms with Crippen LogP contribution < -0.4 is 0 Å². The van der Waals surface area contributed by atoms with Gasteiger partial charge in [-0.25, -0.2) is 0 Å². The van der Waals surface area contributed by atoms with E-state index in [4.69, 9.17) is 11.6 Å². The highest BCUT2D eigenvalue weighted by Crippen LogP contribution is 2.58. The molecule has 0 aromatic rings. The first-order chi connectivity index (χ1) is 5.77. The first-order valence-electron chi connectivity index (χ1n) is 2.91. The number of hydrogen-bond donors (Lipinski definition) is 0. The van der Waals surface area contributed by atoms with Crippen LogP contribution in [0.3, 0.4) is 0 Å². The van der Waals surface area contributed by atoms with Crippen LogP contribution in [-0.4, -0.2) is 0 Å². The summed E-state index contributed by atoms with van der Waals surface area (Å²) in [7, 11) is 0. The van der Waals surface area contributed by atoms with Crippen LogP contribution in [0, 0.1) is 0 Å². The van der Waals surface area contributed by atoms with Crippen molar-refractivity contribution < 1.29 is 0 Å². The van der Waals surface area contributed by atoms with Gasteiger partial charge in [0.05, 0.1) is 15.8 Å². The van der Waals surface area contributed by atoms with Gasteiger partial charge in [0.1, 0.15) is 0 Å². The minimum Gasteiger partial charge on any atom is -0.0884 e. The Bertz CT molecular complexity index is 281. The molecule has 0 amide bonds. The van der Waals surface area contributed by atoms with E-state index in [0.717, 1.165) is 4.36 Å². The lowest BCUT2D eigenvalue weighted by molar-refractivity contribution is 2.37. The molecule has 0 fully saturated rings.